The van der Waals surface area contributed by atoms with E-state index in [-0.39, 0.29) is 22.7 Å². The Kier molecular flexibility index (Phi) is 5.22. The number of hydrogen-bond acceptors (Lipinski definition) is 4. The van der Waals surface area contributed by atoms with Gasteiger partial charge in [-0.25, -0.2) is 9.18 Å². The van der Waals surface area contributed by atoms with Gasteiger partial charge in [-0.1, -0.05) is 13.3 Å². The van der Waals surface area contributed by atoms with Crippen LogP contribution in [-0.2, 0) is 9.53 Å². The topological polar surface area (TPSA) is 49.9 Å². The second-order valence-electron chi connectivity index (χ2n) is 10.2. The van der Waals surface area contributed by atoms with Gasteiger partial charge in [0, 0.05) is 51.5 Å². The highest BCUT2D eigenvalue weighted by atomic mass is 19.1. The number of nitrogens with zero attached hydrogens (tertiary/aromatic N) is 2. The minimum atomic E-state index is -1.61. The van der Waals surface area contributed by atoms with Gasteiger partial charge < -0.3 is 14.5 Å². The van der Waals surface area contributed by atoms with Gasteiger partial charge in [-0.15, -0.1) is 0 Å². The maximum absolute atomic E-state index is 15.3. The van der Waals surface area contributed by atoms with Crippen LogP contribution in [-0.4, -0.2) is 66.2 Å². The summed E-state index contributed by atoms with van der Waals surface area (Å²) in [5.41, 5.74) is -1.32. The first kappa shape index (κ1) is 20.1. The van der Waals surface area contributed by atoms with E-state index in [9.17, 15) is 9.59 Å². The second-order valence-corrected chi connectivity index (χ2v) is 10.2. The highest BCUT2D eigenvalue weighted by molar-refractivity contribution is 5.88. The average Bonchev–Trinajstić information content (AvgIpc) is 3.06. The van der Waals surface area contributed by atoms with Gasteiger partial charge >= 0.3 is 6.09 Å². The molecule has 158 valence electrons. The first-order chi connectivity index (χ1) is 13.3. The zero-order valence-corrected chi connectivity index (χ0v) is 17.5. The lowest BCUT2D eigenvalue weighted by Gasteiger charge is -2.52. The summed E-state index contributed by atoms with van der Waals surface area (Å²) in [6.07, 6.45) is 7.42. The van der Waals surface area contributed by atoms with E-state index < -0.39 is 5.67 Å². The monoisotopic (exact) mass is 394 g/mol. The summed E-state index contributed by atoms with van der Waals surface area (Å²) in [5, 5.41) is 0. The fraction of sp³-hybridized carbons (Fsp3) is 0.909. The highest BCUT2D eigenvalue weighted by Crippen LogP contribution is 2.51. The molecule has 0 unspecified atom stereocenters. The van der Waals surface area contributed by atoms with Crippen LogP contribution in [0.3, 0.4) is 0 Å². The Morgan fingerprint density at radius 2 is 1.75 bits per heavy atom. The van der Waals surface area contributed by atoms with Crippen molar-refractivity contribution in [2.75, 3.05) is 32.8 Å². The fourth-order valence-corrected chi connectivity index (χ4v) is 5.86. The van der Waals surface area contributed by atoms with Crippen LogP contribution in [0.5, 0.6) is 0 Å². The molecule has 0 aromatic heterocycles. The summed E-state index contributed by atoms with van der Waals surface area (Å²) in [6.45, 7) is 7.32. The van der Waals surface area contributed by atoms with Crippen LogP contribution in [0.1, 0.15) is 71.6 Å². The minimum Gasteiger partial charge on any atom is -0.450 e. The van der Waals surface area contributed by atoms with E-state index >= 15 is 4.39 Å². The van der Waals surface area contributed by atoms with Crippen molar-refractivity contribution in [2.45, 2.75) is 83.3 Å². The molecule has 4 fully saturated rings. The van der Waals surface area contributed by atoms with Crippen LogP contribution in [0.25, 0.3) is 0 Å². The van der Waals surface area contributed by atoms with Crippen molar-refractivity contribution in [3.63, 3.8) is 0 Å². The fourth-order valence-electron chi connectivity index (χ4n) is 5.86. The molecule has 2 aliphatic heterocycles. The molecule has 6 heteroatoms. The van der Waals surface area contributed by atoms with Gasteiger partial charge in [0.05, 0.1) is 6.61 Å². The molecule has 2 aliphatic carbocycles. The summed E-state index contributed by atoms with van der Waals surface area (Å²) in [7, 11) is 0. The Morgan fingerprint density at radius 3 is 2.32 bits per heavy atom. The molecule has 0 radical (unpaired) electrons. The molecule has 1 spiro atoms. The number of rotatable bonds is 5. The van der Waals surface area contributed by atoms with E-state index in [0.717, 1.165) is 45.2 Å². The van der Waals surface area contributed by atoms with Crippen molar-refractivity contribution in [1.29, 1.82) is 0 Å². The Hall–Kier alpha value is -1.17. The zero-order valence-electron chi connectivity index (χ0n) is 17.5. The van der Waals surface area contributed by atoms with Crippen LogP contribution in [0, 0.1) is 10.8 Å². The van der Waals surface area contributed by atoms with E-state index in [0.29, 0.717) is 45.0 Å². The van der Waals surface area contributed by atoms with Gasteiger partial charge in [-0.05, 0) is 49.9 Å². The molecule has 0 aromatic carbocycles. The number of carbonyl (C=O) groups is 2. The zero-order chi connectivity index (χ0) is 20.0. The molecule has 0 aromatic rings. The normalized spacial score (nSPS) is 34.0. The van der Waals surface area contributed by atoms with E-state index in [1.165, 1.54) is 6.42 Å². The van der Waals surface area contributed by atoms with Crippen molar-refractivity contribution in [1.82, 2.24) is 9.80 Å². The van der Waals surface area contributed by atoms with Crippen molar-refractivity contribution >= 4 is 11.9 Å². The van der Waals surface area contributed by atoms with E-state index in [2.05, 4.69) is 11.8 Å². The maximum Gasteiger partial charge on any atom is 0.409 e. The Bertz CT molecular complexity index is 619. The van der Waals surface area contributed by atoms with Crippen molar-refractivity contribution < 1.29 is 18.7 Å². The summed E-state index contributed by atoms with van der Waals surface area (Å²) in [4.78, 5) is 28.8. The van der Waals surface area contributed by atoms with Crippen LogP contribution in [0.4, 0.5) is 9.18 Å². The molecule has 2 saturated carbocycles. The standard InChI is InChI=1S/C22H35FN2O3/c1-3-28-19(27)25-10-7-21(16-25)13-17(14-21)24-11-8-22(23,9-12-24)18(26)15-20(2)5-4-6-20/h17H,3-16H2,1-2H3. The molecule has 0 N–H and O–H groups in total. The molecular weight excluding hydrogens is 359 g/mol. The predicted octanol–water partition coefficient (Wildman–Crippen LogP) is 3.95. The third-order valence-corrected chi connectivity index (χ3v) is 8.06. The minimum absolute atomic E-state index is 0.0565. The smallest absolute Gasteiger partial charge is 0.409 e. The molecule has 2 heterocycles. The molecule has 0 atom stereocenters. The molecular formula is C22H35FN2O3. The van der Waals surface area contributed by atoms with Gasteiger partial charge in [-0.3, -0.25) is 4.79 Å². The number of ether oxygens (including phenoxy) is 1. The van der Waals surface area contributed by atoms with Crippen molar-refractivity contribution in [3.05, 3.63) is 0 Å². The lowest BCUT2D eigenvalue weighted by molar-refractivity contribution is -0.139. The van der Waals surface area contributed by atoms with Crippen LogP contribution in [0.2, 0.25) is 0 Å². The molecule has 1 amide bonds. The first-order valence-electron chi connectivity index (χ1n) is 11.1. The summed E-state index contributed by atoms with van der Waals surface area (Å²) in [5.74, 6) is -0.152. The van der Waals surface area contributed by atoms with Gasteiger partial charge in [0.2, 0.25) is 0 Å². The summed E-state index contributed by atoms with van der Waals surface area (Å²) < 4.78 is 20.4. The number of Topliss-reactive ketones (excluding diaryl/α,β-unsaturated/α-hetero) is 1. The number of piperidine rings is 1. The molecule has 4 rings (SSSR count). The summed E-state index contributed by atoms with van der Waals surface area (Å²) >= 11 is 0. The number of halogens is 1. The Morgan fingerprint density at radius 1 is 1.07 bits per heavy atom. The highest BCUT2D eigenvalue weighted by Gasteiger charge is 2.53. The molecule has 28 heavy (non-hydrogen) atoms. The second kappa shape index (κ2) is 7.26. The Balaban J connectivity index is 1.23. The summed E-state index contributed by atoms with van der Waals surface area (Å²) in [6, 6.07) is 0.478. The van der Waals surface area contributed by atoms with E-state index in [4.69, 9.17) is 4.74 Å². The Labute approximate surface area is 168 Å². The van der Waals surface area contributed by atoms with Crippen LogP contribution < -0.4 is 0 Å². The number of hydrogen-bond donors (Lipinski definition) is 0. The van der Waals surface area contributed by atoms with E-state index in [1.54, 1.807) is 0 Å². The van der Waals surface area contributed by atoms with Gasteiger partial charge in [0.25, 0.3) is 0 Å². The molecule has 4 aliphatic rings. The van der Waals surface area contributed by atoms with Gasteiger partial charge in [0.1, 0.15) is 0 Å². The SMILES string of the molecule is CCOC(=O)N1CCC2(CC(N3CCC(F)(C(=O)CC4(C)CCC4)CC3)C2)C1. The lowest BCUT2D eigenvalue weighted by Crippen LogP contribution is -2.57. The van der Waals surface area contributed by atoms with Crippen LogP contribution in [0.15, 0.2) is 0 Å². The number of carbonyl (C=O) groups excluding carboxylic acids is 2. The van der Waals surface area contributed by atoms with Gasteiger partial charge in [-0.2, -0.15) is 0 Å². The molecule has 5 nitrogen and oxygen atoms in total. The number of ketones is 1. The maximum atomic E-state index is 15.3. The molecule has 2 saturated heterocycles. The number of amides is 1. The third-order valence-electron chi connectivity index (χ3n) is 8.06. The quantitative estimate of drug-likeness (QED) is 0.708. The largest absolute Gasteiger partial charge is 0.450 e. The average molecular weight is 395 g/mol. The number of alkyl halides is 1. The van der Waals surface area contributed by atoms with Crippen molar-refractivity contribution in [2.24, 2.45) is 10.8 Å². The lowest BCUT2D eigenvalue weighted by atomic mass is 9.63. The third kappa shape index (κ3) is 3.69. The number of likely N-dealkylation sites (tertiary alicyclic amines) is 2. The van der Waals surface area contributed by atoms with Crippen LogP contribution >= 0.6 is 0 Å². The first-order valence-corrected chi connectivity index (χ1v) is 11.1. The van der Waals surface area contributed by atoms with E-state index in [1.807, 2.05) is 11.8 Å². The van der Waals surface area contributed by atoms with Crippen molar-refractivity contribution in [3.8, 4) is 0 Å². The molecule has 0 bridgehead atoms. The predicted molar refractivity (Wildman–Crippen MR) is 105 cm³/mol. The van der Waals surface area contributed by atoms with Gasteiger partial charge in [0.15, 0.2) is 11.5 Å².